The summed E-state index contributed by atoms with van der Waals surface area (Å²) in [4.78, 5) is 10.9. The smallest absolute Gasteiger partial charge is 0.321 e. The number of rotatable bonds is 5. The highest BCUT2D eigenvalue weighted by Gasteiger charge is 2.32. The van der Waals surface area contributed by atoms with Crippen molar-refractivity contribution in [2.75, 3.05) is 0 Å². The van der Waals surface area contributed by atoms with E-state index in [0.29, 0.717) is 0 Å². The van der Waals surface area contributed by atoms with E-state index in [2.05, 4.69) is 15.9 Å². The van der Waals surface area contributed by atoms with Gasteiger partial charge in [0, 0.05) is 15.0 Å². The van der Waals surface area contributed by atoms with Gasteiger partial charge in [-0.2, -0.15) is 0 Å². The van der Waals surface area contributed by atoms with Crippen LogP contribution in [0.3, 0.4) is 0 Å². The first-order valence-electron chi connectivity index (χ1n) is 5.20. The van der Waals surface area contributed by atoms with Gasteiger partial charge in [0.15, 0.2) is 0 Å². The van der Waals surface area contributed by atoms with Crippen LogP contribution < -0.4 is 5.73 Å². The van der Waals surface area contributed by atoms with E-state index in [-0.39, 0.29) is 0 Å². The number of hydrogen-bond donors (Lipinski definition) is 2. The van der Waals surface area contributed by atoms with Crippen molar-refractivity contribution in [3.63, 3.8) is 0 Å². The van der Waals surface area contributed by atoms with E-state index in [1.54, 1.807) is 11.8 Å². The molecule has 5 heteroatoms. The monoisotopic (exact) mass is 317 g/mol. The van der Waals surface area contributed by atoms with Gasteiger partial charge in [0.2, 0.25) is 0 Å². The van der Waals surface area contributed by atoms with Crippen molar-refractivity contribution >= 4 is 33.7 Å². The predicted molar refractivity (Wildman–Crippen MR) is 75.1 cm³/mol. The topological polar surface area (TPSA) is 63.3 Å². The zero-order valence-electron chi connectivity index (χ0n) is 9.81. The van der Waals surface area contributed by atoms with Crippen molar-refractivity contribution in [1.29, 1.82) is 0 Å². The molecule has 0 amide bonds. The Morgan fingerprint density at radius 2 is 2.00 bits per heavy atom. The van der Waals surface area contributed by atoms with Crippen molar-refractivity contribution in [2.24, 2.45) is 5.73 Å². The summed E-state index contributed by atoms with van der Waals surface area (Å²) in [5, 5.41) is 8.91. The molecule has 0 aromatic heterocycles. The second kappa shape index (κ2) is 5.89. The van der Waals surface area contributed by atoms with E-state index in [4.69, 9.17) is 10.8 Å². The zero-order valence-corrected chi connectivity index (χ0v) is 12.2. The highest BCUT2D eigenvalue weighted by molar-refractivity contribution is 9.10. The van der Waals surface area contributed by atoms with Crippen LogP contribution in [0.15, 0.2) is 28.7 Å². The van der Waals surface area contributed by atoms with Crippen LogP contribution in [0.1, 0.15) is 19.4 Å². The lowest BCUT2D eigenvalue weighted by Crippen LogP contribution is -2.46. The van der Waals surface area contributed by atoms with Crippen molar-refractivity contribution < 1.29 is 9.90 Å². The maximum Gasteiger partial charge on any atom is 0.321 e. The number of halogens is 1. The summed E-state index contributed by atoms with van der Waals surface area (Å²) in [5.41, 5.74) is 6.81. The number of hydrogen-bond acceptors (Lipinski definition) is 3. The van der Waals surface area contributed by atoms with Crippen LogP contribution in [0.2, 0.25) is 0 Å². The fraction of sp³-hybridized carbons (Fsp3) is 0.417. The molecule has 0 radical (unpaired) electrons. The lowest BCUT2D eigenvalue weighted by molar-refractivity contribution is -0.139. The van der Waals surface area contributed by atoms with Crippen molar-refractivity contribution in [2.45, 2.75) is 30.4 Å². The zero-order chi connectivity index (χ0) is 13.1. The third-order valence-corrected chi connectivity index (χ3v) is 4.54. The van der Waals surface area contributed by atoms with Gasteiger partial charge < -0.3 is 10.8 Å². The first-order chi connectivity index (χ1) is 7.83. The molecule has 0 fully saturated rings. The number of carbonyl (C=O) groups is 1. The number of nitrogens with two attached hydrogens (primary N) is 1. The van der Waals surface area contributed by atoms with Crippen LogP contribution in [-0.4, -0.2) is 21.9 Å². The molecule has 3 nitrogen and oxygen atoms in total. The molecule has 3 N–H and O–H groups in total. The minimum absolute atomic E-state index is 0.487. The lowest BCUT2D eigenvalue weighted by atomic mass is 10.1. The largest absolute Gasteiger partial charge is 0.480 e. The Bertz CT molecular complexity index is 392. The Morgan fingerprint density at radius 1 is 1.47 bits per heavy atom. The molecule has 0 bridgehead atoms. The third-order valence-electron chi connectivity index (χ3n) is 2.54. The molecular formula is C12H16BrNO2S. The molecule has 0 aliphatic rings. The molecular weight excluding hydrogens is 302 g/mol. The molecule has 1 atom stereocenters. The van der Waals surface area contributed by atoms with E-state index in [1.165, 1.54) is 0 Å². The maximum absolute atomic E-state index is 10.9. The SMILES string of the molecule is CC(C)(SCc1ccc(Br)cc1)[C@@H](N)C(=O)O. The summed E-state index contributed by atoms with van der Waals surface area (Å²) in [7, 11) is 0. The van der Waals surface area contributed by atoms with Gasteiger partial charge in [-0.25, -0.2) is 0 Å². The number of carboxylic acids is 1. The average molecular weight is 318 g/mol. The van der Waals surface area contributed by atoms with Gasteiger partial charge in [0.1, 0.15) is 6.04 Å². The molecule has 0 unspecified atom stereocenters. The van der Waals surface area contributed by atoms with Crippen LogP contribution in [0, 0.1) is 0 Å². The highest BCUT2D eigenvalue weighted by atomic mass is 79.9. The fourth-order valence-corrected chi connectivity index (χ4v) is 2.51. The predicted octanol–water partition coefficient (Wildman–Crippen LogP) is 2.87. The number of carboxylic acid groups (broad SMARTS) is 1. The van der Waals surface area contributed by atoms with Gasteiger partial charge >= 0.3 is 5.97 Å². The first-order valence-corrected chi connectivity index (χ1v) is 6.97. The normalized spacial score (nSPS) is 13.4. The molecule has 1 aromatic rings. The van der Waals surface area contributed by atoms with Crippen molar-refractivity contribution in [3.8, 4) is 0 Å². The van der Waals surface area contributed by atoms with Gasteiger partial charge in [0.25, 0.3) is 0 Å². The number of benzene rings is 1. The molecule has 1 aromatic carbocycles. The minimum atomic E-state index is -0.960. The molecule has 0 saturated carbocycles. The summed E-state index contributed by atoms with van der Waals surface area (Å²) in [6.45, 7) is 3.71. The van der Waals surface area contributed by atoms with Crippen LogP contribution in [-0.2, 0) is 10.5 Å². The van der Waals surface area contributed by atoms with Crippen LogP contribution >= 0.6 is 27.7 Å². The van der Waals surface area contributed by atoms with Crippen LogP contribution in [0.4, 0.5) is 0 Å². The maximum atomic E-state index is 10.9. The quantitative estimate of drug-likeness (QED) is 0.876. The molecule has 0 heterocycles. The Labute approximate surface area is 114 Å². The molecule has 0 aliphatic heterocycles. The molecule has 1 rings (SSSR count). The molecule has 94 valence electrons. The van der Waals surface area contributed by atoms with Gasteiger partial charge in [-0.3, -0.25) is 4.79 Å². The second-order valence-electron chi connectivity index (χ2n) is 4.33. The van der Waals surface area contributed by atoms with Gasteiger partial charge in [-0.1, -0.05) is 28.1 Å². The Morgan fingerprint density at radius 3 is 2.47 bits per heavy atom. The number of thioether (sulfide) groups is 1. The van der Waals surface area contributed by atoms with Crippen LogP contribution in [0.25, 0.3) is 0 Å². The van der Waals surface area contributed by atoms with E-state index in [0.717, 1.165) is 15.8 Å². The average Bonchev–Trinajstić information content (AvgIpc) is 2.27. The standard InChI is InChI=1S/C12H16BrNO2S/c1-12(2,10(14)11(15)16)17-7-8-3-5-9(13)6-4-8/h3-6,10H,7,14H2,1-2H3,(H,15,16)/t10-/m0/s1. The lowest BCUT2D eigenvalue weighted by Gasteiger charge is -2.28. The second-order valence-corrected chi connectivity index (χ2v) is 6.88. The van der Waals surface area contributed by atoms with Crippen molar-refractivity contribution in [3.05, 3.63) is 34.3 Å². The summed E-state index contributed by atoms with van der Waals surface area (Å²) < 4.78 is 0.548. The van der Waals surface area contributed by atoms with Crippen LogP contribution in [0.5, 0.6) is 0 Å². The third kappa shape index (κ3) is 4.33. The van der Waals surface area contributed by atoms with E-state index in [1.807, 2.05) is 38.1 Å². The Balaban J connectivity index is 2.60. The fourth-order valence-electron chi connectivity index (χ4n) is 1.24. The molecule has 0 saturated heterocycles. The summed E-state index contributed by atoms with van der Waals surface area (Å²) in [6.07, 6.45) is 0. The molecule has 0 aliphatic carbocycles. The number of aliphatic carboxylic acids is 1. The van der Waals surface area contributed by atoms with Crippen molar-refractivity contribution in [1.82, 2.24) is 0 Å². The summed E-state index contributed by atoms with van der Waals surface area (Å²) >= 11 is 4.93. The minimum Gasteiger partial charge on any atom is -0.480 e. The van der Waals surface area contributed by atoms with Gasteiger partial charge in [0.05, 0.1) is 0 Å². The summed E-state index contributed by atoms with van der Waals surface area (Å²) in [6, 6.07) is 7.11. The summed E-state index contributed by atoms with van der Waals surface area (Å²) in [5.74, 6) is -0.209. The Hall–Kier alpha value is -0.520. The van der Waals surface area contributed by atoms with E-state index >= 15 is 0 Å². The van der Waals surface area contributed by atoms with E-state index < -0.39 is 16.8 Å². The van der Waals surface area contributed by atoms with E-state index in [9.17, 15) is 4.79 Å². The highest BCUT2D eigenvalue weighted by Crippen LogP contribution is 2.30. The van der Waals surface area contributed by atoms with Gasteiger partial charge in [-0.05, 0) is 31.5 Å². The Kier molecular flexibility index (Phi) is 5.04. The molecule has 17 heavy (non-hydrogen) atoms. The first kappa shape index (κ1) is 14.5. The molecule has 0 spiro atoms. The van der Waals surface area contributed by atoms with Gasteiger partial charge in [-0.15, -0.1) is 11.8 Å².